The summed E-state index contributed by atoms with van der Waals surface area (Å²) in [7, 11) is 0. The van der Waals surface area contributed by atoms with Crippen LogP contribution in [0.3, 0.4) is 0 Å². The third kappa shape index (κ3) is 3.48. The van der Waals surface area contributed by atoms with Gasteiger partial charge in [0.1, 0.15) is 0 Å². The zero-order valence-corrected chi connectivity index (χ0v) is 10.0. The van der Waals surface area contributed by atoms with Crippen LogP contribution >= 0.6 is 0 Å². The zero-order valence-electron chi connectivity index (χ0n) is 10.0. The smallest absolute Gasteiger partial charge is 0.307 e. The van der Waals surface area contributed by atoms with Crippen molar-refractivity contribution in [1.29, 1.82) is 0 Å². The summed E-state index contributed by atoms with van der Waals surface area (Å²) in [6, 6.07) is -0.0819. The van der Waals surface area contributed by atoms with Gasteiger partial charge in [-0.15, -0.1) is 0 Å². The number of carbonyl (C=O) groups excluding carboxylic acids is 1. The maximum atomic E-state index is 11.7. The zero-order chi connectivity index (χ0) is 12.3. The molecule has 1 saturated heterocycles. The fraction of sp³-hybridized carbons (Fsp3) is 0.818. The lowest BCUT2D eigenvalue weighted by Crippen LogP contribution is -2.52. The van der Waals surface area contributed by atoms with E-state index in [-0.39, 0.29) is 11.9 Å². The van der Waals surface area contributed by atoms with E-state index in [4.69, 9.17) is 5.11 Å². The van der Waals surface area contributed by atoms with E-state index in [1.165, 1.54) is 0 Å². The first-order valence-corrected chi connectivity index (χ1v) is 5.55. The Labute approximate surface area is 95.6 Å². The molecule has 5 nitrogen and oxygen atoms in total. The largest absolute Gasteiger partial charge is 0.481 e. The Kier molecular flexibility index (Phi) is 3.91. The summed E-state index contributed by atoms with van der Waals surface area (Å²) in [4.78, 5) is 22.6. The normalized spacial score (nSPS) is 26.2. The Bertz CT molecular complexity index is 283. The van der Waals surface area contributed by atoms with Gasteiger partial charge in [-0.2, -0.15) is 0 Å². The molecule has 0 aromatic heterocycles. The fourth-order valence-corrected chi connectivity index (χ4v) is 1.64. The molecule has 2 unspecified atom stereocenters. The van der Waals surface area contributed by atoms with Gasteiger partial charge in [0, 0.05) is 24.5 Å². The molecule has 16 heavy (non-hydrogen) atoms. The summed E-state index contributed by atoms with van der Waals surface area (Å²) in [5.74, 6) is -1.24. The first-order valence-electron chi connectivity index (χ1n) is 5.55. The highest BCUT2D eigenvalue weighted by Crippen LogP contribution is 2.16. The Morgan fingerprint density at radius 3 is 2.44 bits per heavy atom. The van der Waals surface area contributed by atoms with E-state index < -0.39 is 17.3 Å². The molecule has 1 amide bonds. The molecule has 0 spiro atoms. The molecule has 3 N–H and O–H groups in total. The van der Waals surface area contributed by atoms with Crippen LogP contribution in [0.4, 0.5) is 0 Å². The second-order valence-corrected chi connectivity index (χ2v) is 5.35. The lowest BCUT2D eigenvalue weighted by molar-refractivity contribution is -0.143. The Hall–Kier alpha value is -1.10. The highest BCUT2D eigenvalue weighted by molar-refractivity contribution is 5.81. The molecule has 2 atom stereocenters. The van der Waals surface area contributed by atoms with Crippen molar-refractivity contribution in [2.45, 2.75) is 33.2 Å². The van der Waals surface area contributed by atoms with Crippen LogP contribution in [0, 0.1) is 11.3 Å². The Morgan fingerprint density at radius 2 is 1.94 bits per heavy atom. The van der Waals surface area contributed by atoms with Crippen LogP contribution in [-0.4, -0.2) is 36.1 Å². The molecule has 92 valence electrons. The van der Waals surface area contributed by atoms with Gasteiger partial charge in [0.25, 0.3) is 0 Å². The predicted molar refractivity (Wildman–Crippen MR) is 60.0 cm³/mol. The van der Waals surface area contributed by atoms with Gasteiger partial charge in [-0.1, -0.05) is 20.8 Å². The molecular formula is C11H20N2O3. The first-order chi connectivity index (χ1) is 7.30. The van der Waals surface area contributed by atoms with Gasteiger partial charge < -0.3 is 15.7 Å². The molecule has 0 saturated carbocycles. The predicted octanol–water partition coefficient (Wildman–Crippen LogP) is 0.211. The number of carboxylic acids is 1. The van der Waals surface area contributed by atoms with E-state index in [1.54, 1.807) is 0 Å². The van der Waals surface area contributed by atoms with Crippen LogP contribution in [-0.2, 0) is 9.59 Å². The number of amides is 1. The number of carbonyl (C=O) groups is 2. The summed E-state index contributed by atoms with van der Waals surface area (Å²) >= 11 is 0. The molecule has 0 aliphatic carbocycles. The van der Waals surface area contributed by atoms with Crippen LogP contribution in [0.1, 0.15) is 27.2 Å². The van der Waals surface area contributed by atoms with Crippen LogP contribution in [0.5, 0.6) is 0 Å². The molecule has 1 heterocycles. The van der Waals surface area contributed by atoms with Crippen molar-refractivity contribution in [2.24, 2.45) is 11.3 Å². The molecule has 1 fully saturated rings. The number of rotatable bonds is 2. The maximum absolute atomic E-state index is 11.7. The molecule has 1 aliphatic heterocycles. The van der Waals surface area contributed by atoms with Gasteiger partial charge in [-0.05, 0) is 6.42 Å². The van der Waals surface area contributed by atoms with Crippen molar-refractivity contribution >= 4 is 11.9 Å². The van der Waals surface area contributed by atoms with E-state index >= 15 is 0 Å². The van der Waals surface area contributed by atoms with Crippen molar-refractivity contribution in [2.75, 3.05) is 13.1 Å². The van der Waals surface area contributed by atoms with Crippen LogP contribution in [0.25, 0.3) is 0 Å². The van der Waals surface area contributed by atoms with Crippen molar-refractivity contribution in [3.8, 4) is 0 Å². The van der Waals surface area contributed by atoms with E-state index in [9.17, 15) is 9.59 Å². The maximum Gasteiger partial charge on any atom is 0.307 e. The van der Waals surface area contributed by atoms with Gasteiger partial charge in [0.15, 0.2) is 0 Å². The fourth-order valence-electron chi connectivity index (χ4n) is 1.64. The summed E-state index contributed by atoms with van der Waals surface area (Å²) in [6.45, 7) is 6.65. The minimum Gasteiger partial charge on any atom is -0.481 e. The first kappa shape index (κ1) is 13.0. The average Bonchev–Trinajstić information content (AvgIpc) is 2.16. The van der Waals surface area contributed by atoms with Crippen LogP contribution in [0.2, 0.25) is 0 Å². The number of nitrogens with one attached hydrogen (secondary N) is 2. The van der Waals surface area contributed by atoms with E-state index in [1.807, 2.05) is 20.8 Å². The molecule has 0 aromatic rings. The molecule has 0 aromatic carbocycles. The summed E-state index contributed by atoms with van der Waals surface area (Å²) in [6.07, 6.45) is 0.504. The second-order valence-electron chi connectivity index (χ2n) is 5.35. The Morgan fingerprint density at radius 1 is 1.31 bits per heavy atom. The molecule has 0 bridgehead atoms. The van der Waals surface area contributed by atoms with Gasteiger partial charge in [0.05, 0.1) is 5.92 Å². The second kappa shape index (κ2) is 4.82. The minimum absolute atomic E-state index is 0.0367. The van der Waals surface area contributed by atoms with Gasteiger partial charge in [0.2, 0.25) is 5.91 Å². The summed E-state index contributed by atoms with van der Waals surface area (Å²) < 4.78 is 0. The van der Waals surface area contributed by atoms with Gasteiger partial charge in [-0.25, -0.2) is 0 Å². The molecule has 1 aliphatic rings. The third-order valence-corrected chi connectivity index (χ3v) is 2.72. The molecule has 5 heteroatoms. The molecule has 0 radical (unpaired) electrons. The summed E-state index contributed by atoms with van der Waals surface area (Å²) in [5, 5.41) is 14.8. The lowest BCUT2D eigenvalue weighted by atomic mass is 9.92. The number of aliphatic carboxylic acids is 1. The highest BCUT2D eigenvalue weighted by atomic mass is 16.4. The highest BCUT2D eigenvalue weighted by Gasteiger charge is 2.30. The number of hydrogen-bond donors (Lipinski definition) is 3. The van der Waals surface area contributed by atoms with Crippen molar-refractivity contribution in [3.63, 3.8) is 0 Å². The number of hydrogen-bond acceptors (Lipinski definition) is 3. The standard InChI is InChI=1S/C11H20N2O3/c1-11(2,3)10(16)13-8-4-7(9(14)15)5-12-6-8/h7-8,12H,4-6H2,1-3H3,(H,13,16)(H,14,15). The van der Waals surface area contributed by atoms with Crippen molar-refractivity contribution in [3.05, 3.63) is 0 Å². The quantitative estimate of drug-likeness (QED) is 0.631. The Balaban J connectivity index is 2.49. The number of carboxylic acid groups (broad SMARTS) is 1. The van der Waals surface area contributed by atoms with Crippen molar-refractivity contribution < 1.29 is 14.7 Å². The number of piperidine rings is 1. The van der Waals surface area contributed by atoms with E-state index in [0.717, 1.165) is 0 Å². The molecular weight excluding hydrogens is 208 g/mol. The van der Waals surface area contributed by atoms with Crippen molar-refractivity contribution in [1.82, 2.24) is 10.6 Å². The van der Waals surface area contributed by atoms with Crippen LogP contribution in [0.15, 0.2) is 0 Å². The SMILES string of the molecule is CC(C)(C)C(=O)NC1CNCC(C(=O)O)C1. The van der Waals surface area contributed by atoms with Crippen LogP contribution < -0.4 is 10.6 Å². The third-order valence-electron chi connectivity index (χ3n) is 2.72. The van der Waals surface area contributed by atoms with E-state index in [0.29, 0.717) is 19.5 Å². The molecule has 1 rings (SSSR count). The minimum atomic E-state index is -0.804. The van der Waals surface area contributed by atoms with Gasteiger partial charge >= 0.3 is 5.97 Å². The topological polar surface area (TPSA) is 78.4 Å². The van der Waals surface area contributed by atoms with Gasteiger partial charge in [-0.3, -0.25) is 9.59 Å². The van der Waals surface area contributed by atoms with E-state index in [2.05, 4.69) is 10.6 Å². The average molecular weight is 228 g/mol. The monoisotopic (exact) mass is 228 g/mol. The lowest BCUT2D eigenvalue weighted by Gasteiger charge is -2.30. The summed E-state index contributed by atoms with van der Waals surface area (Å²) in [5.41, 5.74) is -0.434.